The van der Waals surface area contributed by atoms with Crippen LogP contribution in [0.15, 0.2) is 12.1 Å². The van der Waals surface area contributed by atoms with Crippen LogP contribution < -0.4 is 5.32 Å². The standard InChI is InChI=1S/C14H19ClN4/c15-12-5-6-14(18-13(12)11-16)17-7-10-19-8-3-1-2-4-9-19/h5-6H,1-4,7-10H2,(H,17,18). The normalized spacial score (nSPS) is 16.6. The highest BCUT2D eigenvalue weighted by molar-refractivity contribution is 6.31. The number of halogens is 1. The van der Waals surface area contributed by atoms with Gasteiger partial charge in [0.25, 0.3) is 0 Å². The van der Waals surface area contributed by atoms with Gasteiger partial charge in [-0.15, -0.1) is 0 Å². The fourth-order valence-electron chi connectivity index (χ4n) is 2.32. The van der Waals surface area contributed by atoms with E-state index in [1.54, 1.807) is 6.07 Å². The molecule has 0 spiro atoms. The molecule has 4 nitrogen and oxygen atoms in total. The average molecular weight is 279 g/mol. The third-order valence-corrected chi connectivity index (χ3v) is 3.69. The number of hydrogen-bond donors (Lipinski definition) is 1. The van der Waals surface area contributed by atoms with Gasteiger partial charge in [0.05, 0.1) is 5.02 Å². The van der Waals surface area contributed by atoms with Gasteiger partial charge in [0.2, 0.25) is 0 Å². The Hall–Kier alpha value is -1.31. The minimum atomic E-state index is 0.279. The molecule has 102 valence electrons. The number of anilines is 1. The second-order valence-corrected chi connectivity index (χ2v) is 5.23. The minimum Gasteiger partial charge on any atom is -0.369 e. The van der Waals surface area contributed by atoms with Gasteiger partial charge in [-0.25, -0.2) is 4.98 Å². The predicted molar refractivity (Wildman–Crippen MR) is 77.4 cm³/mol. The summed E-state index contributed by atoms with van der Waals surface area (Å²) in [7, 11) is 0. The Balaban J connectivity index is 1.80. The van der Waals surface area contributed by atoms with E-state index in [1.165, 1.54) is 38.8 Å². The molecule has 2 rings (SSSR count). The number of pyridine rings is 1. The lowest BCUT2D eigenvalue weighted by Gasteiger charge is -2.19. The van der Waals surface area contributed by atoms with Gasteiger partial charge in [-0.1, -0.05) is 24.4 Å². The van der Waals surface area contributed by atoms with Crippen molar-refractivity contribution in [3.05, 3.63) is 22.8 Å². The van der Waals surface area contributed by atoms with Crippen molar-refractivity contribution in [1.29, 1.82) is 5.26 Å². The number of nitrogens with zero attached hydrogens (tertiary/aromatic N) is 3. The fourth-order valence-corrected chi connectivity index (χ4v) is 2.47. The van der Waals surface area contributed by atoms with Gasteiger partial charge >= 0.3 is 0 Å². The lowest BCUT2D eigenvalue weighted by atomic mass is 10.2. The van der Waals surface area contributed by atoms with Crippen LogP contribution in [0.5, 0.6) is 0 Å². The summed E-state index contributed by atoms with van der Waals surface area (Å²) in [6.07, 6.45) is 5.32. The van der Waals surface area contributed by atoms with Crippen LogP contribution in [0.4, 0.5) is 5.82 Å². The fraction of sp³-hybridized carbons (Fsp3) is 0.571. The largest absolute Gasteiger partial charge is 0.369 e. The summed E-state index contributed by atoms with van der Waals surface area (Å²) in [6.45, 7) is 4.25. The van der Waals surface area contributed by atoms with Crippen LogP contribution in [0, 0.1) is 11.3 Å². The second kappa shape index (κ2) is 7.32. The summed E-state index contributed by atoms with van der Waals surface area (Å²) >= 11 is 5.85. The van der Waals surface area contributed by atoms with Gasteiger partial charge in [-0.2, -0.15) is 5.26 Å². The number of rotatable bonds is 4. The highest BCUT2D eigenvalue weighted by atomic mass is 35.5. The van der Waals surface area contributed by atoms with Crippen LogP contribution in [0.3, 0.4) is 0 Å². The van der Waals surface area contributed by atoms with Crippen LogP contribution in [0.25, 0.3) is 0 Å². The Morgan fingerprint density at radius 1 is 1.26 bits per heavy atom. The van der Waals surface area contributed by atoms with E-state index in [4.69, 9.17) is 16.9 Å². The number of likely N-dealkylation sites (tertiary alicyclic amines) is 1. The van der Waals surface area contributed by atoms with E-state index in [9.17, 15) is 0 Å². The molecule has 1 saturated heterocycles. The van der Waals surface area contributed by atoms with Crippen molar-refractivity contribution in [3.8, 4) is 6.07 Å². The molecule has 1 N–H and O–H groups in total. The SMILES string of the molecule is N#Cc1nc(NCCN2CCCCCC2)ccc1Cl. The molecule has 19 heavy (non-hydrogen) atoms. The predicted octanol–water partition coefficient (Wildman–Crippen LogP) is 2.89. The molecule has 1 fully saturated rings. The maximum absolute atomic E-state index is 8.87. The molecule has 1 aliphatic rings. The van der Waals surface area contributed by atoms with E-state index in [-0.39, 0.29) is 5.69 Å². The molecule has 1 aromatic heterocycles. The molecule has 2 heterocycles. The van der Waals surface area contributed by atoms with Crippen LogP contribution >= 0.6 is 11.6 Å². The number of nitrogens with one attached hydrogen (secondary N) is 1. The first kappa shape index (κ1) is 14.1. The van der Waals surface area contributed by atoms with Gasteiger partial charge in [-0.05, 0) is 38.1 Å². The lowest BCUT2D eigenvalue weighted by molar-refractivity contribution is 0.296. The summed E-state index contributed by atoms with van der Waals surface area (Å²) in [4.78, 5) is 6.66. The van der Waals surface area contributed by atoms with E-state index >= 15 is 0 Å². The average Bonchev–Trinajstić information content (AvgIpc) is 2.69. The Labute approximate surface area is 119 Å². The first-order valence-corrected chi connectivity index (χ1v) is 7.20. The maximum Gasteiger partial charge on any atom is 0.161 e. The van der Waals surface area contributed by atoms with Gasteiger partial charge < -0.3 is 10.2 Å². The van der Waals surface area contributed by atoms with Gasteiger partial charge in [0.15, 0.2) is 5.69 Å². The number of nitriles is 1. The zero-order valence-electron chi connectivity index (χ0n) is 11.0. The smallest absolute Gasteiger partial charge is 0.161 e. The van der Waals surface area contributed by atoms with Crippen molar-refractivity contribution in [2.75, 3.05) is 31.5 Å². The van der Waals surface area contributed by atoms with Crippen molar-refractivity contribution in [1.82, 2.24) is 9.88 Å². The summed E-state index contributed by atoms with van der Waals surface area (Å²) < 4.78 is 0. The van der Waals surface area contributed by atoms with Crippen LogP contribution in [-0.2, 0) is 0 Å². The van der Waals surface area contributed by atoms with Crippen molar-refractivity contribution in [2.24, 2.45) is 0 Å². The van der Waals surface area contributed by atoms with Crippen LogP contribution in [0.2, 0.25) is 5.02 Å². The Morgan fingerprint density at radius 2 is 2.00 bits per heavy atom. The molecule has 1 aliphatic heterocycles. The Kier molecular flexibility index (Phi) is 5.44. The molecule has 0 saturated carbocycles. The first-order valence-electron chi connectivity index (χ1n) is 6.82. The summed E-state index contributed by atoms with van der Waals surface area (Å²) in [5, 5.41) is 12.5. The van der Waals surface area contributed by atoms with Gasteiger partial charge in [0, 0.05) is 13.1 Å². The second-order valence-electron chi connectivity index (χ2n) is 4.82. The van der Waals surface area contributed by atoms with Gasteiger partial charge in [-0.3, -0.25) is 0 Å². The van der Waals surface area contributed by atoms with E-state index in [0.717, 1.165) is 18.9 Å². The Bertz CT molecular complexity index is 447. The molecule has 0 aromatic carbocycles. The molecule has 1 aromatic rings. The minimum absolute atomic E-state index is 0.279. The molecule has 0 bridgehead atoms. The third-order valence-electron chi connectivity index (χ3n) is 3.38. The zero-order chi connectivity index (χ0) is 13.5. The van der Waals surface area contributed by atoms with E-state index in [1.807, 2.05) is 12.1 Å². The van der Waals surface area contributed by atoms with Crippen molar-refractivity contribution >= 4 is 17.4 Å². The molecule has 0 amide bonds. The molecule has 5 heteroatoms. The maximum atomic E-state index is 8.87. The van der Waals surface area contributed by atoms with Crippen molar-refractivity contribution < 1.29 is 0 Å². The van der Waals surface area contributed by atoms with E-state index < -0.39 is 0 Å². The molecule has 0 radical (unpaired) electrons. The highest BCUT2D eigenvalue weighted by Crippen LogP contribution is 2.15. The molecule has 0 aliphatic carbocycles. The quantitative estimate of drug-likeness (QED) is 0.920. The number of aromatic nitrogens is 1. The highest BCUT2D eigenvalue weighted by Gasteiger charge is 2.08. The molecular formula is C14H19ClN4. The molecule has 0 unspecified atom stereocenters. The topological polar surface area (TPSA) is 52.0 Å². The Morgan fingerprint density at radius 3 is 2.68 bits per heavy atom. The monoisotopic (exact) mass is 278 g/mol. The third kappa shape index (κ3) is 4.38. The van der Waals surface area contributed by atoms with Crippen molar-refractivity contribution in [3.63, 3.8) is 0 Å². The van der Waals surface area contributed by atoms with E-state index in [0.29, 0.717) is 5.02 Å². The molecule has 0 atom stereocenters. The first-order chi connectivity index (χ1) is 9.29. The lowest BCUT2D eigenvalue weighted by Crippen LogP contribution is -2.30. The summed E-state index contributed by atoms with van der Waals surface area (Å²) in [5.74, 6) is 0.718. The van der Waals surface area contributed by atoms with Gasteiger partial charge in [0.1, 0.15) is 11.9 Å². The van der Waals surface area contributed by atoms with Crippen molar-refractivity contribution in [2.45, 2.75) is 25.7 Å². The summed E-state index contributed by atoms with van der Waals surface area (Å²) in [5.41, 5.74) is 0.279. The van der Waals surface area contributed by atoms with Crippen LogP contribution in [-0.4, -0.2) is 36.1 Å². The van der Waals surface area contributed by atoms with Crippen LogP contribution in [0.1, 0.15) is 31.4 Å². The van der Waals surface area contributed by atoms with E-state index in [2.05, 4.69) is 15.2 Å². The zero-order valence-corrected chi connectivity index (χ0v) is 11.8. The summed E-state index contributed by atoms with van der Waals surface area (Å²) in [6, 6.07) is 5.51. The number of hydrogen-bond acceptors (Lipinski definition) is 4. The molecular weight excluding hydrogens is 260 g/mol.